The third kappa shape index (κ3) is 1.67. The number of hydrogen-bond donors (Lipinski definition) is 0. The lowest BCUT2D eigenvalue weighted by molar-refractivity contribution is 0.0953. The Labute approximate surface area is 76.7 Å². The highest BCUT2D eigenvalue weighted by Gasteiger charge is 2.33. The van der Waals surface area contributed by atoms with Crippen molar-refractivity contribution in [3.63, 3.8) is 0 Å². The van der Waals surface area contributed by atoms with Crippen LogP contribution in [0, 0.1) is 17.8 Å². The van der Waals surface area contributed by atoms with E-state index in [2.05, 4.69) is 6.92 Å². The first-order valence-electron chi connectivity index (χ1n) is 5.90. The average molecular weight is 166 g/mol. The Morgan fingerprint density at radius 2 is 1.58 bits per heavy atom. The molecule has 0 saturated heterocycles. The summed E-state index contributed by atoms with van der Waals surface area (Å²) in [7, 11) is 0. The average Bonchev–Trinajstić information content (AvgIpc) is 2.04. The van der Waals surface area contributed by atoms with Crippen LogP contribution in [0.4, 0.5) is 0 Å². The Hall–Kier alpha value is 0. The van der Waals surface area contributed by atoms with Gasteiger partial charge in [-0.25, -0.2) is 0 Å². The van der Waals surface area contributed by atoms with E-state index in [1.807, 2.05) is 0 Å². The fraction of sp³-hybridized carbons (Fsp3) is 1.00. The molecule has 0 nitrogen and oxygen atoms in total. The van der Waals surface area contributed by atoms with Crippen LogP contribution < -0.4 is 0 Å². The van der Waals surface area contributed by atoms with Crippen molar-refractivity contribution in [1.29, 1.82) is 0 Å². The lowest BCUT2D eigenvalue weighted by atomic mass is 9.64. The minimum Gasteiger partial charge on any atom is -0.0651 e. The molecule has 2 fully saturated rings. The molecule has 0 atom stereocenters. The summed E-state index contributed by atoms with van der Waals surface area (Å²) >= 11 is 0. The predicted octanol–water partition coefficient (Wildman–Crippen LogP) is 4.00. The van der Waals surface area contributed by atoms with E-state index in [1.54, 1.807) is 25.7 Å². The zero-order valence-corrected chi connectivity index (χ0v) is 8.39. The summed E-state index contributed by atoms with van der Waals surface area (Å²) in [5, 5.41) is 0. The van der Waals surface area contributed by atoms with Crippen molar-refractivity contribution in [2.75, 3.05) is 0 Å². The summed E-state index contributed by atoms with van der Waals surface area (Å²) < 4.78 is 0. The van der Waals surface area contributed by atoms with Gasteiger partial charge in [-0.15, -0.1) is 0 Å². The Kier molecular flexibility index (Phi) is 2.73. The van der Waals surface area contributed by atoms with Gasteiger partial charge in [-0.1, -0.05) is 45.4 Å². The predicted molar refractivity (Wildman–Crippen MR) is 53.1 cm³/mol. The molecule has 2 saturated carbocycles. The van der Waals surface area contributed by atoms with Gasteiger partial charge in [0, 0.05) is 0 Å². The van der Waals surface area contributed by atoms with Gasteiger partial charge in [0.05, 0.1) is 0 Å². The molecule has 0 heterocycles. The zero-order valence-electron chi connectivity index (χ0n) is 8.39. The first kappa shape index (κ1) is 8.59. The van der Waals surface area contributed by atoms with E-state index in [0.717, 1.165) is 17.8 Å². The first-order valence-corrected chi connectivity index (χ1v) is 5.90. The molecule has 2 aliphatic carbocycles. The van der Waals surface area contributed by atoms with Crippen molar-refractivity contribution >= 4 is 0 Å². The molecule has 2 aliphatic rings. The van der Waals surface area contributed by atoms with Gasteiger partial charge < -0.3 is 0 Å². The van der Waals surface area contributed by atoms with Crippen LogP contribution in [-0.4, -0.2) is 0 Å². The van der Waals surface area contributed by atoms with Gasteiger partial charge in [-0.05, 0) is 30.6 Å². The summed E-state index contributed by atoms with van der Waals surface area (Å²) in [6, 6.07) is 0. The van der Waals surface area contributed by atoms with Gasteiger partial charge in [-0.2, -0.15) is 0 Å². The van der Waals surface area contributed by atoms with E-state index in [0.29, 0.717) is 0 Å². The van der Waals surface area contributed by atoms with Crippen LogP contribution in [-0.2, 0) is 0 Å². The van der Waals surface area contributed by atoms with Gasteiger partial charge >= 0.3 is 0 Å². The van der Waals surface area contributed by atoms with Crippen LogP contribution in [0.2, 0.25) is 0 Å². The van der Waals surface area contributed by atoms with Crippen LogP contribution in [0.15, 0.2) is 0 Å². The minimum absolute atomic E-state index is 1.11. The van der Waals surface area contributed by atoms with Crippen molar-refractivity contribution in [3.05, 3.63) is 0 Å². The smallest absolute Gasteiger partial charge is 0.0381 e. The molecular formula is C12H22. The Balaban J connectivity index is 1.72. The van der Waals surface area contributed by atoms with Crippen molar-refractivity contribution in [3.8, 4) is 0 Å². The number of hydrogen-bond acceptors (Lipinski definition) is 0. The Morgan fingerprint density at radius 1 is 0.917 bits per heavy atom. The fourth-order valence-corrected chi connectivity index (χ4v) is 3.11. The van der Waals surface area contributed by atoms with Crippen LogP contribution in [0.5, 0.6) is 0 Å². The molecule has 0 amide bonds. The number of rotatable bonds is 2. The standard InChI is InChI=1S/C12H22/c1-2-10-8-12(9-10)11-6-4-3-5-7-11/h10-12H,2-9H2,1H3. The van der Waals surface area contributed by atoms with Crippen LogP contribution in [0.1, 0.15) is 58.3 Å². The topological polar surface area (TPSA) is 0 Å². The molecule has 0 unspecified atom stereocenters. The summed E-state index contributed by atoms with van der Waals surface area (Å²) in [6.45, 7) is 2.35. The third-order valence-electron chi connectivity index (χ3n) is 4.17. The maximum Gasteiger partial charge on any atom is -0.0381 e. The maximum absolute atomic E-state index is 2.35. The van der Waals surface area contributed by atoms with E-state index in [-0.39, 0.29) is 0 Å². The minimum atomic E-state index is 1.11. The molecule has 0 aliphatic heterocycles. The molecule has 2 rings (SSSR count). The van der Waals surface area contributed by atoms with Crippen molar-refractivity contribution in [1.82, 2.24) is 0 Å². The summed E-state index contributed by atoms with van der Waals surface area (Å²) in [5.74, 6) is 3.40. The quantitative estimate of drug-likeness (QED) is 0.581. The highest BCUT2D eigenvalue weighted by molar-refractivity contribution is 4.85. The molecular weight excluding hydrogens is 144 g/mol. The first-order chi connectivity index (χ1) is 5.90. The van der Waals surface area contributed by atoms with Crippen LogP contribution >= 0.6 is 0 Å². The molecule has 12 heavy (non-hydrogen) atoms. The summed E-state index contributed by atoms with van der Waals surface area (Å²) in [4.78, 5) is 0. The van der Waals surface area contributed by atoms with Crippen molar-refractivity contribution in [2.24, 2.45) is 17.8 Å². The highest BCUT2D eigenvalue weighted by atomic mass is 14.4. The SMILES string of the molecule is CCC1CC(C2CCCCC2)C1. The molecule has 70 valence electrons. The van der Waals surface area contributed by atoms with Gasteiger partial charge in [-0.3, -0.25) is 0 Å². The largest absolute Gasteiger partial charge is 0.0651 e. The Bertz CT molecular complexity index is 127. The molecule has 0 heteroatoms. The molecule has 0 aromatic heterocycles. The second-order valence-corrected chi connectivity index (χ2v) is 4.90. The normalized spacial score (nSPS) is 37.8. The molecule has 0 radical (unpaired) electrons. The Morgan fingerprint density at radius 3 is 2.17 bits per heavy atom. The zero-order chi connectivity index (χ0) is 8.39. The van der Waals surface area contributed by atoms with E-state index in [9.17, 15) is 0 Å². The second kappa shape index (κ2) is 3.81. The molecule has 0 aromatic carbocycles. The molecule has 0 spiro atoms. The summed E-state index contributed by atoms with van der Waals surface area (Å²) in [5.41, 5.74) is 0. The van der Waals surface area contributed by atoms with Crippen LogP contribution in [0.25, 0.3) is 0 Å². The van der Waals surface area contributed by atoms with E-state index in [4.69, 9.17) is 0 Å². The van der Waals surface area contributed by atoms with E-state index < -0.39 is 0 Å². The third-order valence-corrected chi connectivity index (χ3v) is 4.17. The second-order valence-electron chi connectivity index (χ2n) is 4.90. The highest BCUT2D eigenvalue weighted by Crippen LogP contribution is 2.45. The molecule has 0 N–H and O–H groups in total. The van der Waals surface area contributed by atoms with E-state index in [1.165, 1.54) is 25.7 Å². The van der Waals surface area contributed by atoms with Gasteiger partial charge in [0.25, 0.3) is 0 Å². The monoisotopic (exact) mass is 166 g/mol. The summed E-state index contributed by atoms with van der Waals surface area (Å²) in [6.07, 6.45) is 12.3. The van der Waals surface area contributed by atoms with Crippen molar-refractivity contribution < 1.29 is 0 Å². The lowest BCUT2D eigenvalue weighted by Gasteiger charge is -2.41. The van der Waals surface area contributed by atoms with E-state index >= 15 is 0 Å². The van der Waals surface area contributed by atoms with Gasteiger partial charge in [0.2, 0.25) is 0 Å². The van der Waals surface area contributed by atoms with Crippen LogP contribution in [0.3, 0.4) is 0 Å². The van der Waals surface area contributed by atoms with Gasteiger partial charge in [0.15, 0.2) is 0 Å². The molecule has 0 aromatic rings. The molecule has 0 bridgehead atoms. The van der Waals surface area contributed by atoms with Gasteiger partial charge in [0.1, 0.15) is 0 Å². The maximum atomic E-state index is 2.35. The lowest BCUT2D eigenvalue weighted by Crippen LogP contribution is -2.30. The van der Waals surface area contributed by atoms with Crippen molar-refractivity contribution in [2.45, 2.75) is 58.3 Å². The fourth-order valence-electron chi connectivity index (χ4n) is 3.11.